The van der Waals surface area contributed by atoms with Gasteiger partial charge in [0.05, 0.1) is 10.7 Å². The molecule has 0 saturated heterocycles. The van der Waals surface area contributed by atoms with E-state index < -0.39 is 11.5 Å². The van der Waals surface area contributed by atoms with Gasteiger partial charge in [-0.25, -0.2) is 9.78 Å². The maximum atomic E-state index is 11.5. The van der Waals surface area contributed by atoms with Gasteiger partial charge in [-0.05, 0) is 19.1 Å². The molecule has 0 radical (unpaired) electrons. The fraction of sp³-hybridized carbons (Fsp3) is 0.167. The van der Waals surface area contributed by atoms with Crippen LogP contribution in [0.4, 0.5) is 5.69 Å². The van der Waals surface area contributed by atoms with E-state index in [1.807, 2.05) is 0 Å². The van der Waals surface area contributed by atoms with Crippen LogP contribution in [0.15, 0.2) is 35.8 Å². The van der Waals surface area contributed by atoms with E-state index in [0.717, 1.165) is 0 Å². The quantitative estimate of drug-likeness (QED) is 0.904. The van der Waals surface area contributed by atoms with Crippen molar-refractivity contribution in [3.63, 3.8) is 0 Å². The number of nitrogens with zero attached hydrogens (tertiary/aromatic N) is 1. The molecule has 0 spiro atoms. The Balaban J connectivity index is 2.39. The predicted octanol–water partition coefficient (Wildman–Crippen LogP) is 3.21. The fourth-order valence-electron chi connectivity index (χ4n) is 1.50. The van der Waals surface area contributed by atoms with Crippen LogP contribution in [0.5, 0.6) is 0 Å². The minimum Gasteiger partial charge on any atom is -0.479 e. The van der Waals surface area contributed by atoms with E-state index in [9.17, 15) is 9.90 Å². The summed E-state index contributed by atoms with van der Waals surface area (Å²) in [6.45, 7) is 1.57. The maximum absolute atomic E-state index is 11.5. The Morgan fingerprint density at radius 1 is 1.50 bits per heavy atom. The lowest BCUT2D eigenvalue weighted by atomic mass is 10.0. The minimum absolute atomic E-state index is 0.474. The number of carboxylic acids is 1. The van der Waals surface area contributed by atoms with Crippen molar-refractivity contribution in [2.45, 2.75) is 12.5 Å². The lowest BCUT2D eigenvalue weighted by molar-refractivity contribution is -0.142. The zero-order valence-electron chi connectivity index (χ0n) is 9.55. The summed E-state index contributed by atoms with van der Waals surface area (Å²) in [6, 6.07) is 7.01. The number of carbonyl (C=O) groups is 1. The van der Waals surface area contributed by atoms with E-state index in [-0.39, 0.29) is 0 Å². The third kappa shape index (κ3) is 2.32. The molecule has 1 heterocycles. The molecule has 94 valence electrons. The summed E-state index contributed by atoms with van der Waals surface area (Å²) in [5, 5.41) is 15.1. The average Bonchev–Trinajstić information content (AvgIpc) is 2.86. The molecule has 0 amide bonds. The number of aromatic nitrogens is 1. The maximum Gasteiger partial charge on any atom is 0.336 e. The highest BCUT2D eigenvalue weighted by Crippen LogP contribution is 2.31. The number of nitrogens with one attached hydrogen (secondary N) is 1. The molecule has 0 aliphatic carbocycles. The van der Waals surface area contributed by atoms with Crippen molar-refractivity contribution in [2.75, 3.05) is 5.32 Å². The standard InChI is InChI=1S/C12H11ClN2O2S/c1-12(11(16)17,10-14-6-7-18-10)15-9-5-3-2-4-8(9)13/h2-7,15H,1H3,(H,16,17). The van der Waals surface area contributed by atoms with E-state index in [1.54, 1.807) is 42.8 Å². The van der Waals surface area contributed by atoms with Crippen molar-refractivity contribution in [3.8, 4) is 0 Å². The number of carboxylic acid groups (broad SMARTS) is 1. The van der Waals surface area contributed by atoms with E-state index in [0.29, 0.717) is 15.7 Å². The molecular formula is C12H11ClN2O2S. The van der Waals surface area contributed by atoms with Crippen molar-refractivity contribution in [3.05, 3.63) is 45.9 Å². The molecule has 2 N–H and O–H groups in total. The Labute approximate surface area is 113 Å². The molecule has 1 unspecified atom stereocenters. The highest BCUT2D eigenvalue weighted by molar-refractivity contribution is 7.09. The monoisotopic (exact) mass is 282 g/mol. The van der Waals surface area contributed by atoms with E-state index in [4.69, 9.17) is 11.6 Å². The van der Waals surface area contributed by atoms with Gasteiger partial charge in [-0.15, -0.1) is 11.3 Å². The number of hydrogen-bond donors (Lipinski definition) is 2. The van der Waals surface area contributed by atoms with Gasteiger partial charge in [-0.2, -0.15) is 0 Å². The molecule has 18 heavy (non-hydrogen) atoms. The number of para-hydroxylation sites is 1. The first-order valence-corrected chi connectivity index (χ1v) is 6.46. The molecule has 0 bridgehead atoms. The van der Waals surface area contributed by atoms with Crippen LogP contribution in [0.3, 0.4) is 0 Å². The van der Waals surface area contributed by atoms with Gasteiger partial charge in [0.2, 0.25) is 0 Å². The summed E-state index contributed by atoms with van der Waals surface area (Å²) >= 11 is 7.31. The van der Waals surface area contributed by atoms with Crippen molar-refractivity contribution >= 4 is 34.6 Å². The number of thiazole rings is 1. The highest BCUT2D eigenvalue weighted by atomic mass is 35.5. The van der Waals surface area contributed by atoms with Crippen molar-refractivity contribution in [2.24, 2.45) is 0 Å². The third-order valence-corrected chi connectivity index (χ3v) is 3.87. The first kappa shape index (κ1) is 12.9. The van der Waals surface area contributed by atoms with Crippen LogP contribution in [0.2, 0.25) is 5.02 Å². The van der Waals surface area contributed by atoms with Crippen LogP contribution >= 0.6 is 22.9 Å². The second kappa shape index (κ2) is 4.96. The fourth-order valence-corrected chi connectivity index (χ4v) is 2.43. The topological polar surface area (TPSA) is 62.2 Å². The Bertz CT molecular complexity index is 559. The predicted molar refractivity (Wildman–Crippen MR) is 72.2 cm³/mol. The van der Waals surface area contributed by atoms with E-state index >= 15 is 0 Å². The molecular weight excluding hydrogens is 272 g/mol. The van der Waals surface area contributed by atoms with Gasteiger partial charge in [0.25, 0.3) is 0 Å². The second-order valence-corrected chi connectivity index (χ2v) is 5.17. The van der Waals surface area contributed by atoms with Gasteiger partial charge in [0, 0.05) is 11.6 Å². The lowest BCUT2D eigenvalue weighted by Crippen LogP contribution is -2.40. The van der Waals surface area contributed by atoms with E-state index in [1.165, 1.54) is 11.3 Å². The number of aliphatic carboxylic acids is 1. The molecule has 1 aromatic heterocycles. The number of benzene rings is 1. The first-order valence-electron chi connectivity index (χ1n) is 5.20. The summed E-state index contributed by atoms with van der Waals surface area (Å²) in [5.74, 6) is -1.00. The van der Waals surface area contributed by atoms with E-state index in [2.05, 4.69) is 10.3 Å². The minimum atomic E-state index is -1.29. The van der Waals surface area contributed by atoms with Crippen LogP contribution in [0.25, 0.3) is 0 Å². The summed E-state index contributed by atoms with van der Waals surface area (Å²) in [4.78, 5) is 15.6. The number of anilines is 1. The zero-order valence-corrected chi connectivity index (χ0v) is 11.1. The molecule has 4 nitrogen and oxygen atoms in total. The van der Waals surface area contributed by atoms with Crippen LogP contribution in [-0.2, 0) is 10.3 Å². The van der Waals surface area contributed by atoms with Crippen LogP contribution in [-0.4, -0.2) is 16.1 Å². The molecule has 1 atom stereocenters. The molecule has 0 aliphatic rings. The normalized spacial score (nSPS) is 13.9. The Morgan fingerprint density at radius 2 is 2.22 bits per heavy atom. The number of halogens is 1. The molecule has 0 aliphatic heterocycles. The molecule has 0 fully saturated rings. The van der Waals surface area contributed by atoms with Crippen LogP contribution in [0, 0.1) is 0 Å². The Kier molecular flexibility index (Phi) is 3.54. The number of hydrogen-bond acceptors (Lipinski definition) is 4. The molecule has 1 aromatic carbocycles. The van der Waals surface area contributed by atoms with Gasteiger partial charge < -0.3 is 10.4 Å². The SMILES string of the molecule is CC(Nc1ccccc1Cl)(C(=O)O)c1nccs1. The van der Waals surface area contributed by atoms with Crippen molar-refractivity contribution in [1.29, 1.82) is 0 Å². The summed E-state index contributed by atoms with van der Waals surface area (Å²) in [6.07, 6.45) is 1.58. The van der Waals surface area contributed by atoms with Crippen LogP contribution < -0.4 is 5.32 Å². The van der Waals surface area contributed by atoms with Crippen molar-refractivity contribution in [1.82, 2.24) is 4.98 Å². The smallest absolute Gasteiger partial charge is 0.336 e. The summed E-state index contributed by atoms with van der Waals surface area (Å²) in [5.41, 5.74) is -0.724. The first-order chi connectivity index (χ1) is 8.54. The third-order valence-electron chi connectivity index (χ3n) is 2.55. The van der Waals surface area contributed by atoms with Crippen molar-refractivity contribution < 1.29 is 9.90 Å². The summed E-state index contributed by atoms with van der Waals surface area (Å²) in [7, 11) is 0. The van der Waals surface area contributed by atoms with Gasteiger partial charge in [0.15, 0.2) is 5.54 Å². The van der Waals surface area contributed by atoms with Gasteiger partial charge in [0.1, 0.15) is 5.01 Å². The summed E-state index contributed by atoms with van der Waals surface area (Å²) < 4.78 is 0. The Morgan fingerprint density at radius 3 is 2.78 bits per heavy atom. The van der Waals surface area contributed by atoms with Gasteiger partial charge >= 0.3 is 5.97 Å². The lowest BCUT2D eigenvalue weighted by Gasteiger charge is -2.25. The average molecular weight is 283 g/mol. The second-order valence-electron chi connectivity index (χ2n) is 3.87. The largest absolute Gasteiger partial charge is 0.479 e. The molecule has 6 heteroatoms. The molecule has 2 rings (SSSR count). The number of rotatable bonds is 4. The van der Waals surface area contributed by atoms with Gasteiger partial charge in [-0.1, -0.05) is 23.7 Å². The Hall–Kier alpha value is -1.59. The van der Waals surface area contributed by atoms with Gasteiger partial charge in [-0.3, -0.25) is 0 Å². The molecule has 0 saturated carbocycles. The molecule has 2 aromatic rings. The zero-order chi connectivity index (χ0) is 13.2. The van der Waals surface area contributed by atoms with Crippen LogP contribution in [0.1, 0.15) is 11.9 Å². The highest BCUT2D eigenvalue weighted by Gasteiger charge is 2.38.